The van der Waals surface area contributed by atoms with Crippen LogP contribution in [0.1, 0.15) is 11.4 Å². The van der Waals surface area contributed by atoms with Crippen molar-refractivity contribution in [1.29, 1.82) is 5.41 Å². The number of nitrogens with two attached hydrogens (primary N) is 1. The summed E-state index contributed by atoms with van der Waals surface area (Å²) >= 11 is 0. The van der Waals surface area contributed by atoms with Crippen LogP contribution in [-0.2, 0) is 6.54 Å². The van der Waals surface area contributed by atoms with Crippen LogP contribution >= 0.6 is 0 Å². The molecule has 0 aliphatic carbocycles. The van der Waals surface area contributed by atoms with E-state index in [1.54, 1.807) is 0 Å². The molecule has 0 aliphatic heterocycles. The molecule has 0 atom stereocenters. The Bertz CT molecular complexity index is 431. The van der Waals surface area contributed by atoms with Crippen molar-refractivity contribution >= 4 is 5.84 Å². The molecular formula is C6H7N7O. The van der Waals surface area contributed by atoms with Gasteiger partial charge in [0.2, 0.25) is 0 Å². The zero-order valence-electron chi connectivity index (χ0n) is 7.08. The van der Waals surface area contributed by atoms with E-state index in [2.05, 4.69) is 25.0 Å². The van der Waals surface area contributed by atoms with Crippen molar-refractivity contribution in [3.63, 3.8) is 0 Å². The van der Waals surface area contributed by atoms with Crippen molar-refractivity contribution in [2.24, 2.45) is 5.73 Å². The first kappa shape index (κ1) is 8.35. The lowest BCUT2D eigenvalue weighted by atomic mass is 10.3. The molecule has 14 heavy (non-hydrogen) atoms. The van der Waals surface area contributed by atoms with E-state index in [-0.39, 0.29) is 11.5 Å². The molecule has 2 heterocycles. The minimum atomic E-state index is -0.179. The Morgan fingerprint density at radius 2 is 2.43 bits per heavy atom. The Labute approximate surface area is 78.2 Å². The van der Waals surface area contributed by atoms with Crippen molar-refractivity contribution in [1.82, 2.24) is 25.1 Å². The van der Waals surface area contributed by atoms with E-state index in [1.165, 1.54) is 17.3 Å². The van der Waals surface area contributed by atoms with E-state index in [0.717, 1.165) is 0 Å². The van der Waals surface area contributed by atoms with Gasteiger partial charge in [0.05, 0.1) is 6.54 Å². The quantitative estimate of drug-likeness (QED) is 0.476. The number of hydrogen-bond donors (Lipinski definition) is 2. The number of nitrogen functional groups attached to an aromatic ring is 1. The molecular weight excluding hydrogens is 186 g/mol. The molecule has 2 aromatic rings. The fourth-order valence-corrected chi connectivity index (χ4v) is 0.983. The third-order valence-electron chi connectivity index (χ3n) is 1.59. The largest absolute Gasteiger partial charge is 0.382 e. The Balaban J connectivity index is 2.25. The summed E-state index contributed by atoms with van der Waals surface area (Å²) in [5.41, 5.74) is 5.96. The summed E-state index contributed by atoms with van der Waals surface area (Å²) in [6, 6.07) is 0. The number of nitrogens with zero attached hydrogens (tertiary/aromatic N) is 5. The Kier molecular flexibility index (Phi) is 1.94. The molecule has 0 spiro atoms. The van der Waals surface area contributed by atoms with Gasteiger partial charge in [-0.05, 0) is 5.16 Å². The summed E-state index contributed by atoms with van der Waals surface area (Å²) in [7, 11) is 0. The number of amidine groups is 1. The van der Waals surface area contributed by atoms with Crippen LogP contribution in [0.25, 0.3) is 0 Å². The summed E-state index contributed by atoms with van der Waals surface area (Å²) in [4.78, 5) is 3.77. The average Bonchev–Trinajstić information content (AvgIpc) is 2.75. The summed E-state index contributed by atoms with van der Waals surface area (Å²) in [6.45, 7) is 0.332. The summed E-state index contributed by atoms with van der Waals surface area (Å²) in [6.07, 6.45) is 2.93. The Morgan fingerprint density at radius 3 is 3.07 bits per heavy atom. The highest BCUT2D eigenvalue weighted by Crippen LogP contribution is 2.02. The van der Waals surface area contributed by atoms with E-state index in [1.807, 2.05) is 0 Å². The number of nitrogens with one attached hydrogen (secondary N) is 1. The van der Waals surface area contributed by atoms with Gasteiger partial charge in [-0.1, -0.05) is 5.16 Å². The maximum Gasteiger partial charge on any atom is 0.174 e. The first-order valence-electron chi connectivity index (χ1n) is 3.75. The molecule has 0 unspecified atom stereocenters. The molecule has 3 N–H and O–H groups in total. The van der Waals surface area contributed by atoms with Gasteiger partial charge in [-0.25, -0.2) is 14.3 Å². The standard InChI is InChI=1S/C6H7N7O/c7-6(8)5-4(11-14-12-5)1-13-3-9-2-10-13/h2-3H,1H2,(H3,7,8). The Morgan fingerprint density at radius 1 is 1.57 bits per heavy atom. The number of rotatable bonds is 3. The summed E-state index contributed by atoms with van der Waals surface area (Å²) in [5.74, 6) is -0.179. The lowest BCUT2D eigenvalue weighted by molar-refractivity contribution is 0.301. The van der Waals surface area contributed by atoms with Gasteiger partial charge in [0.15, 0.2) is 5.69 Å². The minimum absolute atomic E-state index is 0.179. The molecule has 0 amide bonds. The molecule has 72 valence electrons. The summed E-state index contributed by atoms with van der Waals surface area (Å²) < 4.78 is 6.01. The predicted octanol–water partition coefficient (Wildman–Crippen LogP) is -1.01. The fourth-order valence-electron chi connectivity index (χ4n) is 0.983. The van der Waals surface area contributed by atoms with Crippen LogP contribution in [-0.4, -0.2) is 30.9 Å². The fraction of sp³-hybridized carbons (Fsp3) is 0.167. The molecule has 0 radical (unpaired) electrons. The van der Waals surface area contributed by atoms with E-state index >= 15 is 0 Å². The first-order valence-corrected chi connectivity index (χ1v) is 3.75. The second kappa shape index (κ2) is 3.24. The van der Waals surface area contributed by atoms with Gasteiger partial charge in [-0.2, -0.15) is 5.10 Å². The van der Waals surface area contributed by atoms with Gasteiger partial charge < -0.3 is 5.73 Å². The number of aromatic nitrogens is 5. The molecule has 8 nitrogen and oxygen atoms in total. The summed E-state index contributed by atoms with van der Waals surface area (Å²) in [5, 5.41) is 18.2. The minimum Gasteiger partial charge on any atom is -0.382 e. The molecule has 0 aliphatic rings. The first-order chi connectivity index (χ1) is 6.77. The van der Waals surface area contributed by atoms with Crippen molar-refractivity contribution < 1.29 is 4.63 Å². The van der Waals surface area contributed by atoms with E-state index in [0.29, 0.717) is 12.2 Å². The molecule has 0 saturated heterocycles. The zero-order valence-corrected chi connectivity index (χ0v) is 7.08. The van der Waals surface area contributed by atoms with Crippen LogP contribution in [0.3, 0.4) is 0 Å². The third kappa shape index (κ3) is 1.44. The molecule has 0 bridgehead atoms. The van der Waals surface area contributed by atoms with Gasteiger partial charge in [0.1, 0.15) is 24.2 Å². The average molecular weight is 193 g/mol. The van der Waals surface area contributed by atoms with Crippen LogP contribution < -0.4 is 5.73 Å². The second-order valence-electron chi connectivity index (χ2n) is 2.57. The van der Waals surface area contributed by atoms with Gasteiger partial charge in [-0.15, -0.1) is 0 Å². The monoisotopic (exact) mass is 193 g/mol. The molecule has 0 saturated carbocycles. The van der Waals surface area contributed by atoms with Gasteiger partial charge in [0.25, 0.3) is 0 Å². The van der Waals surface area contributed by atoms with Gasteiger partial charge in [-0.3, -0.25) is 5.41 Å². The van der Waals surface area contributed by atoms with Crippen molar-refractivity contribution in [2.75, 3.05) is 0 Å². The van der Waals surface area contributed by atoms with Crippen LogP contribution in [0.5, 0.6) is 0 Å². The van der Waals surface area contributed by atoms with E-state index in [9.17, 15) is 0 Å². The van der Waals surface area contributed by atoms with E-state index < -0.39 is 0 Å². The molecule has 2 aromatic heterocycles. The number of hydrogen-bond acceptors (Lipinski definition) is 6. The highest BCUT2D eigenvalue weighted by molar-refractivity contribution is 5.93. The topological polar surface area (TPSA) is 120 Å². The lowest BCUT2D eigenvalue weighted by Gasteiger charge is -1.96. The van der Waals surface area contributed by atoms with Crippen LogP contribution in [0.2, 0.25) is 0 Å². The smallest absolute Gasteiger partial charge is 0.174 e. The Hall–Kier alpha value is -2.25. The predicted molar refractivity (Wildman–Crippen MR) is 44.4 cm³/mol. The normalized spacial score (nSPS) is 10.3. The van der Waals surface area contributed by atoms with Crippen molar-refractivity contribution in [3.05, 3.63) is 24.0 Å². The molecule has 0 aromatic carbocycles. The second-order valence-corrected chi connectivity index (χ2v) is 2.57. The molecule has 0 fully saturated rings. The lowest BCUT2D eigenvalue weighted by Crippen LogP contribution is -2.15. The van der Waals surface area contributed by atoms with Crippen LogP contribution in [0.15, 0.2) is 17.3 Å². The zero-order chi connectivity index (χ0) is 9.97. The van der Waals surface area contributed by atoms with Crippen molar-refractivity contribution in [3.8, 4) is 0 Å². The maximum absolute atomic E-state index is 7.19. The maximum atomic E-state index is 7.19. The van der Waals surface area contributed by atoms with Crippen LogP contribution in [0.4, 0.5) is 0 Å². The molecule has 2 rings (SSSR count). The van der Waals surface area contributed by atoms with Gasteiger partial charge in [0, 0.05) is 0 Å². The highest BCUT2D eigenvalue weighted by Gasteiger charge is 2.12. The van der Waals surface area contributed by atoms with Gasteiger partial charge >= 0.3 is 0 Å². The van der Waals surface area contributed by atoms with Crippen molar-refractivity contribution in [2.45, 2.75) is 6.54 Å². The SMILES string of the molecule is N=C(N)c1nonc1Cn1cncn1. The highest BCUT2D eigenvalue weighted by atomic mass is 16.6. The van der Waals surface area contributed by atoms with E-state index in [4.69, 9.17) is 11.1 Å². The van der Waals surface area contributed by atoms with Crippen LogP contribution in [0, 0.1) is 5.41 Å². The molecule has 8 heteroatoms. The third-order valence-corrected chi connectivity index (χ3v) is 1.59.